The lowest BCUT2D eigenvalue weighted by Gasteiger charge is -2.20. The molecule has 0 amide bonds. The van der Waals surface area contributed by atoms with Gasteiger partial charge < -0.3 is 20.3 Å². The normalized spacial score (nSPS) is 11.5. The predicted molar refractivity (Wildman–Crippen MR) is 67.3 cm³/mol. The zero-order chi connectivity index (χ0) is 12.9. The minimum atomic E-state index is -0.191. The molecule has 1 aromatic rings. The van der Waals surface area contributed by atoms with Crippen molar-refractivity contribution in [3.05, 3.63) is 23.8 Å². The van der Waals surface area contributed by atoms with Gasteiger partial charge in [-0.05, 0) is 39.0 Å². The Kier molecular flexibility index (Phi) is 4.78. The van der Waals surface area contributed by atoms with E-state index < -0.39 is 0 Å². The van der Waals surface area contributed by atoms with Gasteiger partial charge in [-0.2, -0.15) is 0 Å². The van der Waals surface area contributed by atoms with Crippen LogP contribution >= 0.6 is 0 Å². The third kappa shape index (κ3) is 5.06. The van der Waals surface area contributed by atoms with Gasteiger partial charge in [0.05, 0.1) is 6.61 Å². The van der Waals surface area contributed by atoms with E-state index in [9.17, 15) is 5.11 Å². The molecule has 0 saturated carbocycles. The lowest BCUT2D eigenvalue weighted by molar-refractivity contribution is 0.270. The third-order valence-electron chi connectivity index (χ3n) is 2.25. The Morgan fingerprint density at radius 3 is 2.59 bits per heavy atom. The highest BCUT2D eigenvalue weighted by Crippen LogP contribution is 2.22. The SMILES string of the molecule is CC(C)(C)NCCOc1ccc(O)c(CO)c1. The van der Waals surface area contributed by atoms with Crippen LogP contribution in [0.1, 0.15) is 26.3 Å². The molecule has 0 aliphatic carbocycles. The van der Waals surface area contributed by atoms with Crippen LogP contribution in [0.2, 0.25) is 0 Å². The first-order valence-electron chi connectivity index (χ1n) is 5.73. The molecule has 0 aromatic heterocycles. The van der Waals surface area contributed by atoms with Crippen molar-refractivity contribution >= 4 is 0 Å². The van der Waals surface area contributed by atoms with Gasteiger partial charge in [0.1, 0.15) is 18.1 Å². The second kappa shape index (κ2) is 5.89. The molecule has 0 radical (unpaired) electrons. The van der Waals surface area contributed by atoms with E-state index in [0.717, 1.165) is 6.54 Å². The average Bonchev–Trinajstić information content (AvgIpc) is 2.25. The summed E-state index contributed by atoms with van der Waals surface area (Å²) in [5.41, 5.74) is 0.556. The number of rotatable bonds is 5. The summed E-state index contributed by atoms with van der Waals surface area (Å²) in [4.78, 5) is 0. The summed E-state index contributed by atoms with van der Waals surface area (Å²) < 4.78 is 5.51. The summed E-state index contributed by atoms with van der Waals surface area (Å²) in [7, 11) is 0. The second-order valence-electron chi connectivity index (χ2n) is 4.97. The number of phenols is 1. The molecule has 3 N–H and O–H groups in total. The highest BCUT2D eigenvalue weighted by molar-refractivity contribution is 5.38. The summed E-state index contributed by atoms with van der Waals surface area (Å²) in [6.45, 7) is 7.39. The summed E-state index contributed by atoms with van der Waals surface area (Å²) in [6.07, 6.45) is 0. The van der Waals surface area contributed by atoms with Gasteiger partial charge in [-0.25, -0.2) is 0 Å². The maximum absolute atomic E-state index is 9.39. The van der Waals surface area contributed by atoms with Crippen LogP contribution in [-0.4, -0.2) is 28.9 Å². The highest BCUT2D eigenvalue weighted by atomic mass is 16.5. The first kappa shape index (κ1) is 13.8. The Balaban J connectivity index is 2.42. The van der Waals surface area contributed by atoms with Gasteiger partial charge in [0.15, 0.2) is 0 Å². The van der Waals surface area contributed by atoms with E-state index >= 15 is 0 Å². The van der Waals surface area contributed by atoms with Crippen molar-refractivity contribution in [3.63, 3.8) is 0 Å². The Labute approximate surface area is 102 Å². The molecule has 0 bridgehead atoms. The summed E-state index contributed by atoms with van der Waals surface area (Å²) >= 11 is 0. The Bertz CT molecular complexity index is 358. The van der Waals surface area contributed by atoms with Crippen molar-refractivity contribution in [2.75, 3.05) is 13.2 Å². The minimum absolute atomic E-state index is 0.0780. The highest BCUT2D eigenvalue weighted by Gasteiger charge is 2.08. The number of nitrogens with one attached hydrogen (secondary N) is 1. The van der Waals surface area contributed by atoms with Crippen molar-refractivity contribution in [1.82, 2.24) is 5.32 Å². The Hall–Kier alpha value is -1.26. The molecule has 4 nitrogen and oxygen atoms in total. The van der Waals surface area contributed by atoms with Crippen LogP contribution in [-0.2, 0) is 6.61 Å². The van der Waals surface area contributed by atoms with Crippen molar-refractivity contribution in [1.29, 1.82) is 0 Å². The first-order chi connectivity index (χ1) is 7.92. The molecule has 0 atom stereocenters. The maximum atomic E-state index is 9.39. The molecule has 0 aliphatic rings. The zero-order valence-electron chi connectivity index (χ0n) is 10.7. The molecule has 96 valence electrons. The van der Waals surface area contributed by atoms with Crippen LogP contribution < -0.4 is 10.1 Å². The Morgan fingerprint density at radius 2 is 2.00 bits per heavy atom. The lowest BCUT2D eigenvalue weighted by atomic mass is 10.1. The van der Waals surface area contributed by atoms with Gasteiger partial charge >= 0.3 is 0 Å². The van der Waals surface area contributed by atoms with Crippen LogP contribution in [0.5, 0.6) is 11.5 Å². The quantitative estimate of drug-likeness (QED) is 0.684. The number of aliphatic hydroxyl groups excluding tert-OH is 1. The van der Waals surface area contributed by atoms with E-state index in [1.807, 2.05) is 0 Å². The molecule has 1 rings (SSSR count). The van der Waals surface area contributed by atoms with Crippen LogP contribution in [0.25, 0.3) is 0 Å². The lowest BCUT2D eigenvalue weighted by Crippen LogP contribution is -2.38. The topological polar surface area (TPSA) is 61.7 Å². The van der Waals surface area contributed by atoms with Crippen molar-refractivity contribution in [2.45, 2.75) is 32.9 Å². The molecule has 0 saturated heterocycles. The van der Waals surface area contributed by atoms with E-state index in [1.54, 1.807) is 12.1 Å². The zero-order valence-corrected chi connectivity index (χ0v) is 10.7. The largest absolute Gasteiger partial charge is 0.508 e. The molecule has 0 aliphatic heterocycles. The van der Waals surface area contributed by atoms with E-state index in [4.69, 9.17) is 9.84 Å². The number of aromatic hydroxyl groups is 1. The summed E-state index contributed by atoms with van der Waals surface area (Å²) in [5, 5.41) is 21.7. The number of hydrogen-bond acceptors (Lipinski definition) is 4. The van der Waals surface area contributed by atoms with Crippen LogP contribution in [0.4, 0.5) is 0 Å². The molecule has 0 unspecified atom stereocenters. The smallest absolute Gasteiger partial charge is 0.121 e. The van der Waals surface area contributed by atoms with Crippen molar-refractivity contribution < 1.29 is 14.9 Å². The first-order valence-corrected chi connectivity index (χ1v) is 5.73. The van der Waals surface area contributed by atoms with E-state index in [0.29, 0.717) is 17.9 Å². The maximum Gasteiger partial charge on any atom is 0.121 e. The van der Waals surface area contributed by atoms with Crippen molar-refractivity contribution in [2.24, 2.45) is 0 Å². The fourth-order valence-corrected chi connectivity index (χ4v) is 1.37. The van der Waals surface area contributed by atoms with Crippen LogP contribution in [0.3, 0.4) is 0 Å². The van der Waals surface area contributed by atoms with E-state index in [-0.39, 0.29) is 17.9 Å². The number of ether oxygens (including phenoxy) is 1. The van der Waals surface area contributed by atoms with E-state index in [1.165, 1.54) is 6.07 Å². The van der Waals surface area contributed by atoms with Gasteiger partial charge in [-0.3, -0.25) is 0 Å². The van der Waals surface area contributed by atoms with Gasteiger partial charge in [0.2, 0.25) is 0 Å². The molecule has 0 spiro atoms. The summed E-state index contributed by atoms with van der Waals surface area (Å²) in [6, 6.07) is 4.86. The fraction of sp³-hybridized carbons (Fsp3) is 0.538. The Morgan fingerprint density at radius 1 is 1.29 bits per heavy atom. The fourth-order valence-electron chi connectivity index (χ4n) is 1.37. The number of benzene rings is 1. The van der Waals surface area contributed by atoms with Gasteiger partial charge in [0.25, 0.3) is 0 Å². The van der Waals surface area contributed by atoms with Crippen LogP contribution in [0, 0.1) is 0 Å². The number of aliphatic hydroxyl groups is 1. The molecule has 4 heteroatoms. The van der Waals surface area contributed by atoms with Crippen LogP contribution in [0.15, 0.2) is 18.2 Å². The average molecular weight is 239 g/mol. The van der Waals surface area contributed by atoms with E-state index in [2.05, 4.69) is 26.1 Å². The monoisotopic (exact) mass is 239 g/mol. The van der Waals surface area contributed by atoms with Crippen molar-refractivity contribution in [3.8, 4) is 11.5 Å². The molecular weight excluding hydrogens is 218 g/mol. The molecule has 0 fully saturated rings. The van der Waals surface area contributed by atoms with Gasteiger partial charge in [-0.15, -0.1) is 0 Å². The minimum Gasteiger partial charge on any atom is -0.508 e. The second-order valence-corrected chi connectivity index (χ2v) is 4.97. The number of hydrogen-bond donors (Lipinski definition) is 3. The third-order valence-corrected chi connectivity index (χ3v) is 2.25. The molecular formula is C13H21NO3. The molecule has 0 heterocycles. The summed E-state index contributed by atoms with van der Waals surface area (Å²) in [5.74, 6) is 0.746. The van der Waals surface area contributed by atoms with Gasteiger partial charge in [-0.1, -0.05) is 0 Å². The molecule has 1 aromatic carbocycles. The van der Waals surface area contributed by atoms with Gasteiger partial charge in [0, 0.05) is 17.6 Å². The standard InChI is InChI=1S/C13H21NO3/c1-13(2,3)14-6-7-17-11-4-5-12(16)10(8-11)9-15/h4-5,8,14-16H,6-7,9H2,1-3H3. The molecule has 17 heavy (non-hydrogen) atoms. The predicted octanol–water partition coefficient (Wildman–Crippen LogP) is 1.65.